The summed E-state index contributed by atoms with van der Waals surface area (Å²) in [4.78, 5) is 0.243. The molecular formula is C14H20N4O2S. The molecule has 21 heavy (non-hydrogen) atoms. The number of sulfonamides is 1. The molecule has 0 saturated heterocycles. The van der Waals surface area contributed by atoms with E-state index in [1.54, 1.807) is 28.9 Å². The Kier molecular flexibility index (Phi) is 4.76. The first-order valence-electron chi connectivity index (χ1n) is 6.72. The Labute approximate surface area is 125 Å². The zero-order chi connectivity index (χ0) is 15.5. The molecule has 0 amide bonds. The van der Waals surface area contributed by atoms with Gasteiger partial charge >= 0.3 is 0 Å². The Morgan fingerprint density at radius 1 is 1.29 bits per heavy atom. The van der Waals surface area contributed by atoms with Crippen molar-refractivity contribution in [1.29, 1.82) is 0 Å². The van der Waals surface area contributed by atoms with Gasteiger partial charge in [-0.1, -0.05) is 12.1 Å². The van der Waals surface area contributed by atoms with Crippen LogP contribution in [0, 0.1) is 0 Å². The molecule has 0 fully saturated rings. The number of nitrogens with two attached hydrogens (primary N) is 1. The molecule has 0 saturated carbocycles. The van der Waals surface area contributed by atoms with Crippen molar-refractivity contribution in [3.05, 3.63) is 47.8 Å². The molecule has 0 aliphatic carbocycles. The molecule has 1 heterocycles. The van der Waals surface area contributed by atoms with E-state index in [9.17, 15) is 8.42 Å². The van der Waals surface area contributed by atoms with Gasteiger partial charge in [0.2, 0.25) is 10.0 Å². The monoisotopic (exact) mass is 308 g/mol. The number of aryl methyl sites for hydroxylation is 1. The van der Waals surface area contributed by atoms with E-state index < -0.39 is 10.0 Å². The minimum atomic E-state index is -3.49. The molecule has 114 valence electrons. The van der Waals surface area contributed by atoms with Crippen LogP contribution in [0.2, 0.25) is 0 Å². The van der Waals surface area contributed by atoms with E-state index in [2.05, 4.69) is 9.82 Å². The molecule has 1 atom stereocenters. The molecule has 1 aromatic carbocycles. The predicted molar refractivity (Wildman–Crippen MR) is 81.1 cm³/mol. The highest BCUT2D eigenvalue weighted by Crippen LogP contribution is 2.14. The van der Waals surface area contributed by atoms with Crippen molar-refractivity contribution in [1.82, 2.24) is 14.5 Å². The van der Waals surface area contributed by atoms with Gasteiger partial charge in [-0.15, -0.1) is 0 Å². The Hall–Kier alpha value is -1.70. The van der Waals surface area contributed by atoms with Crippen LogP contribution in [0.5, 0.6) is 0 Å². The Morgan fingerprint density at radius 2 is 1.95 bits per heavy atom. The second-order valence-corrected chi connectivity index (χ2v) is 6.75. The predicted octanol–water partition coefficient (Wildman–Crippen LogP) is 0.961. The molecule has 0 spiro atoms. The maximum absolute atomic E-state index is 12.1. The lowest BCUT2D eigenvalue weighted by Gasteiger charge is -2.08. The standard InChI is InChI=1S/C14H20N4O2S/c1-11(15)12-3-5-14(6-4-12)21(19,20)16-9-7-13-8-10-18(2)17-13/h3-6,8,10-11,16H,7,9,15H2,1-2H3. The summed E-state index contributed by atoms with van der Waals surface area (Å²) in [5.74, 6) is 0. The van der Waals surface area contributed by atoms with Crippen LogP contribution in [0.15, 0.2) is 41.4 Å². The SMILES string of the molecule is CC(N)c1ccc(S(=O)(=O)NCCc2ccn(C)n2)cc1. The van der Waals surface area contributed by atoms with Crippen molar-refractivity contribution >= 4 is 10.0 Å². The number of rotatable bonds is 6. The van der Waals surface area contributed by atoms with Crippen LogP contribution in [0.25, 0.3) is 0 Å². The molecule has 7 heteroatoms. The summed E-state index contributed by atoms with van der Waals surface area (Å²) < 4.78 is 28.5. The fourth-order valence-corrected chi connectivity index (χ4v) is 2.98. The minimum absolute atomic E-state index is 0.112. The van der Waals surface area contributed by atoms with Crippen molar-refractivity contribution < 1.29 is 8.42 Å². The first-order chi connectivity index (χ1) is 9.88. The molecule has 3 N–H and O–H groups in total. The van der Waals surface area contributed by atoms with Gasteiger partial charge in [0.15, 0.2) is 0 Å². The zero-order valence-electron chi connectivity index (χ0n) is 12.2. The van der Waals surface area contributed by atoms with Crippen molar-refractivity contribution in [2.45, 2.75) is 24.3 Å². The van der Waals surface area contributed by atoms with Crippen molar-refractivity contribution in [3.63, 3.8) is 0 Å². The maximum atomic E-state index is 12.1. The third kappa shape index (κ3) is 4.13. The summed E-state index contributed by atoms with van der Waals surface area (Å²) in [5.41, 5.74) is 7.50. The fraction of sp³-hybridized carbons (Fsp3) is 0.357. The second-order valence-electron chi connectivity index (χ2n) is 4.99. The average Bonchev–Trinajstić information content (AvgIpc) is 2.84. The molecule has 1 aromatic heterocycles. The van der Waals surface area contributed by atoms with E-state index in [1.165, 1.54) is 0 Å². The van der Waals surface area contributed by atoms with E-state index in [0.717, 1.165) is 11.3 Å². The van der Waals surface area contributed by atoms with Gasteiger partial charge in [0, 0.05) is 32.3 Å². The molecule has 6 nitrogen and oxygen atoms in total. The third-order valence-corrected chi connectivity index (χ3v) is 4.64. The number of aromatic nitrogens is 2. The second kappa shape index (κ2) is 6.38. The Balaban J connectivity index is 1.97. The van der Waals surface area contributed by atoms with Crippen molar-refractivity contribution in [3.8, 4) is 0 Å². The lowest BCUT2D eigenvalue weighted by Crippen LogP contribution is -2.26. The van der Waals surface area contributed by atoms with Crippen LogP contribution in [0.3, 0.4) is 0 Å². The summed E-state index contributed by atoms with van der Waals surface area (Å²) in [5, 5.41) is 4.20. The highest BCUT2D eigenvalue weighted by atomic mass is 32.2. The fourth-order valence-electron chi connectivity index (χ4n) is 1.94. The largest absolute Gasteiger partial charge is 0.324 e. The van der Waals surface area contributed by atoms with E-state index in [0.29, 0.717) is 13.0 Å². The van der Waals surface area contributed by atoms with Gasteiger partial charge in [0.05, 0.1) is 10.6 Å². The number of hydrogen-bond acceptors (Lipinski definition) is 4. The number of nitrogens with zero attached hydrogens (tertiary/aromatic N) is 2. The van der Waals surface area contributed by atoms with Gasteiger partial charge in [-0.25, -0.2) is 13.1 Å². The van der Waals surface area contributed by atoms with Crippen molar-refractivity contribution in [2.24, 2.45) is 12.8 Å². The van der Waals surface area contributed by atoms with E-state index >= 15 is 0 Å². The molecule has 0 bridgehead atoms. The summed E-state index contributed by atoms with van der Waals surface area (Å²) in [7, 11) is -1.66. The smallest absolute Gasteiger partial charge is 0.240 e. The van der Waals surface area contributed by atoms with Crippen LogP contribution >= 0.6 is 0 Å². The Morgan fingerprint density at radius 3 is 2.48 bits per heavy atom. The summed E-state index contributed by atoms with van der Waals surface area (Å²) in [6.07, 6.45) is 2.38. The zero-order valence-corrected chi connectivity index (χ0v) is 13.0. The number of nitrogens with one attached hydrogen (secondary N) is 1. The lowest BCUT2D eigenvalue weighted by molar-refractivity contribution is 0.581. The van der Waals surface area contributed by atoms with Crippen LogP contribution < -0.4 is 10.5 Å². The average molecular weight is 308 g/mol. The number of hydrogen-bond donors (Lipinski definition) is 2. The van der Waals surface area contributed by atoms with Gasteiger partial charge in [0.25, 0.3) is 0 Å². The van der Waals surface area contributed by atoms with Crippen LogP contribution in [0.1, 0.15) is 24.2 Å². The van der Waals surface area contributed by atoms with Crippen LogP contribution in [-0.4, -0.2) is 24.7 Å². The van der Waals surface area contributed by atoms with Gasteiger partial charge in [-0.2, -0.15) is 5.10 Å². The molecular weight excluding hydrogens is 288 g/mol. The topological polar surface area (TPSA) is 90.0 Å². The third-order valence-electron chi connectivity index (χ3n) is 3.16. The minimum Gasteiger partial charge on any atom is -0.324 e. The van der Waals surface area contributed by atoms with Gasteiger partial charge < -0.3 is 5.73 Å². The highest BCUT2D eigenvalue weighted by Gasteiger charge is 2.13. The van der Waals surface area contributed by atoms with Gasteiger partial charge in [-0.05, 0) is 30.7 Å². The quantitative estimate of drug-likeness (QED) is 0.831. The lowest BCUT2D eigenvalue weighted by atomic mass is 10.1. The molecule has 0 radical (unpaired) electrons. The van der Waals surface area contributed by atoms with Crippen LogP contribution in [-0.2, 0) is 23.5 Å². The molecule has 1 unspecified atom stereocenters. The first-order valence-corrected chi connectivity index (χ1v) is 8.20. The van der Waals surface area contributed by atoms with E-state index in [4.69, 9.17) is 5.73 Å². The molecule has 0 aliphatic rings. The van der Waals surface area contributed by atoms with E-state index in [-0.39, 0.29) is 10.9 Å². The molecule has 2 rings (SSSR count). The van der Waals surface area contributed by atoms with Crippen LogP contribution in [0.4, 0.5) is 0 Å². The molecule has 2 aromatic rings. The summed E-state index contributed by atoms with van der Waals surface area (Å²) in [6.45, 7) is 2.17. The van der Waals surface area contributed by atoms with Gasteiger partial charge in [-0.3, -0.25) is 4.68 Å². The summed E-state index contributed by atoms with van der Waals surface area (Å²) in [6, 6.07) is 8.37. The Bertz CT molecular complexity index is 690. The first kappa shape index (κ1) is 15.7. The highest BCUT2D eigenvalue weighted by molar-refractivity contribution is 7.89. The summed E-state index contributed by atoms with van der Waals surface area (Å²) >= 11 is 0. The maximum Gasteiger partial charge on any atom is 0.240 e. The van der Waals surface area contributed by atoms with Gasteiger partial charge in [0.1, 0.15) is 0 Å². The normalized spacial score (nSPS) is 13.3. The molecule has 0 aliphatic heterocycles. The van der Waals surface area contributed by atoms with Crippen molar-refractivity contribution in [2.75, 3.05) is 6.54 Å². The van der Waals surface area contributed by atoms with E-state index in [1.807, 2.05) is 26.2 Å². The number of benzene rings is 1.